The summed E-state index contributed by atoms with van der Waals surface area (Å²) >= 11 is 6.27. The third-order valence-electron chi connectivity index (χ3n) is 4.24. The van der Waals surface area contributed by atoms with E-state index in [1.165, 1.54) is 11.6 Å². The van der Waals surface area contributed by atoms with Gasteiger partial charge < -0.3 is 14.2 Å². The van der Waals surface area contributed by atoms with Gasteiger partial charge in [-0.05, 0) is 31.2 Å². The summed E-state index contributed by atoms with van der Waals surface area (Å²) in [4.78, 5) is 25.0. The van der Waals surface area contributed by atoms with E-state index in [-0.39, 0.29) is 16.4 Å². The molecule has 0 atom stereocenters. The Morgan fingerprint density at radius 1 is 1.03 bits per heavy atom. The highest BCUT2D eigenvalue weighted by molar-refractivity contribution is 6.33. The maximum Gasteiger partial charge on any atom is 0.387 e. The van der Waals surface area contributed by atoms with E-state index in [0.29, 0.717) is 11.8 Å². The molecule has 0 saturated heterocycles. The largest absolute Gasteiger partial charge is 0.454 e. The predicted molar refractivity (Wildman–Crippen MR) is 108 cm³/mol. The van der Waals surface area contributed by atoms with Gasteiger partial charge >= 0.3 is 19.2 Å². The van der Waals surface area contributed by atoms with Crippen LogP contribution in [0.15, 0.2) is 48.5 Å². The molecule has 1 aromatic heterocycles. The van der Waals surface area contributed by atoms with Crippen molar-refractivity contribution in [1.82, 2.24) is 9.78 Å². The van der Waals surface area contributed by atoms with Gasteiger partial charge in [-0.15, -0.1) is 0 Å². The number of para-hydroxylation sites is 1. The van der Waals surface area contributed by atoms with Crippen LogP contribution < -0.4 is 9.47 Å². The standard InChI is InChI=1S/C21H15ClF4N2O5/c1-11-17(18(22)28(27-11)12-5-3-2-4-6-12)19(30)31-10-15(29)14-8-7-13(32-20(23)24)9-16(14)33-21(25)26/h2-9,20-21H,10H2,1H3. The molecular weight excluding hydrogens is 472 g/mol. The number of aryl methyl sites for hydroxylation is 1. The fourth-order valence-electron chi connectivity index (χ4n) is 2.85. The third kappa shape index (κ3) is 5.80. The zero-order valence-corrected chi connectivity index (χ0v) is 17.6. The van der Waals surface area contributed by atoms with Crippen LogP contribution in [0.3, 0.4) is 0 Å². The average Bonchev–Trinajstić information content (AvgIpc) is 3.05. The molecule has 0 aliphatic rings. The van der Waals surface area contributed by atoms with Gasteiger partial charge in [0.1, 0.15) is 22.2 Å². The normalized spacial score (nSPS) is 11.0. The van der Waals surface area contributed by atoms with Crippen molar-refractivity contribution in [1.29, 1.82) is 0 Å². The van der Waals surface area contributed by atoms with Crippen LogP contribution in [0, 0.1) is 6.92 Å². The number of halogens is 5. The van der Waals surface area contributed by atoms with Gasteiger partial charge in [0.25, 0.3) is 0 Å². The molecule has 0 unspecified atom stereocenters. The molecule has 174 valence electrons. The number of hydrogen-bond donors (Lipinski definition) is 0. The fraction of sp³-hybridized carbons (Fsp3) is 0.190. The Hall–Kier alpha value is -3.60. The lowest BCUT2D eigenvalue weighted by molar-refractivity contribution is -0.0545. The number of hydrogen-bond acceptors (Lipinski definition) is 6. The highest BCUT2D eigenvalue weighted by Gasteiger charge is 2.25. The molecule has 33 heavy (non-hydrogen) atoms. The Labute approximate surface area is 189 Å². The van der Waals surface area contributed by atoms with Gasteiger partial charge in [-0.3, -0.25) is 4.79 Å². The highest BCUT2D eigenvalue weighted by Crippen LogP contribution is 2.29. The number of nitrogens with zero attached hydrogens (tertiary/aromatic N) is 2. The maximum absolute atomic E-state index is 12.7. The van der Waals surface area contributed by atoms with Crippen LogP contribution in [0.1, 0.15) is 26.4 Å². The van der Waals surface area contributed by atoms with E-state index < -0.39 is 48.6 Å². The molecule has 7 nitrogen and oxygen atoms in total. The van der Waals surface area contributed by atoms with E-state index in [1.54, 1.807) is 30.3 Å². The smallest absolute Gasteiger partial charge is 0.387 e. The van der Waals surface area contributed by atoms with Crippen LogP contribution in [0.5, 0.6) is 11.5 Å². The molecule has 12 heteroatoms. The third-order valence-corrected chi connectivity index (χ3v) is 4.59. The number of rotatable bonds is 9. The molecule has 0 fully saturated rings. The molecule has 0 N–H and O–H groups in total. The van der Waals surface area contributed by atoms with Gasteiger partial charge in [0.2, 0.25) is 5.78 Å². The molecule has 2 aromatic carbocycles. The molecule has 0 aliphatic heterocycles. The molecular formula is C21H15ClF4N2O5. The first kappa shape index (κ1) is 24.1. The van der Waals surface area contributed by atoms with Crippen molar-refractivity contribution in [3.05, 3.63) is 70.5 Å². The lowest BCUT2D eigenvalue weighted by atomic mass is 10.1. The number of ether oxygens (including phenoxy) is 3. The van der Waals surface area contributed by atoms with E-state index >= 15 is 0 Å². The number of esters is 1. The topological polar surface area (TPSA) is 79.7 Å². The second kappa shape index (κ2) is 10.3. The van der Waals surface area contributed by atoms with E-state index in [4.69, 9.17) is 16.3 Å². The fourth-order valence-corrected chi connectivity index (χ4v) is 3.20. The molecule has 0 bridgehead atoms. The van der Waals surface area contributed by atoms with Crippen molar-refractivity contribution < 1.29 is 41.4 Å². The predicted octanol–water partition coefficient (Wildman–Crippen LogP) is 5.08. The first-order valence-electron chi connectivity index (χ1n) is 9.22. The first-order valence-corrected chi connectivity index (χ1v) is 9.59. The molecule has 3 aromatic rings. The Balaban J connectivity index is 1.77. The van der Waals surface area contributed by atoms with Crippen LogP contribution >= 0.6 is 11.6 Å². The summed E-state index contributed by atoms with van der Waals surface area (Å²) in [6.45, 7) is -5.90. The number of alkyl halides is 4. The van der Waals surface area contributed by atoms with Crippen LogP contribution in [0.25, 0.3) is 5.69 Å². The quantitative estimate of drug-likeness (QED) is 0.238. The van der Waals surface area contributed by atoms with Gasteiger partial charge in [0.05, 0.1) is 16.9 Å². The Morgan fingerprint density at radius 2 is 1.70 bits per heavy atom. The summed E-state index contributed by atoms with van der Waals surface area (Å²) in [6, 6.07) is 11.3. The minimum Gasteiger partial charge on any atom is -0.454 e. The first-order chi connectivity index (χ1) is 15.7. The number of ketones is 1. The van der Waals surface area contributed by atoms with Crippen LogP contribution in [0.2, 0.25) is 5.15 Å². The van der Waals surface area contributed by atoms with Gasteiger partial charge in [0, 0.05) is 6.07 Å². The van der Waals surface area contributed by atoms with Crippen molar-refractivity contribution in [2.75, 3.05) is 6.61 Å². The van der Waals surface area contributed by atoms with Gasteiger partial charge in [0.15, 0.2) is 6.61 Å². The van der Waals surface area contributed by atoms with E-state index in [1.807, 2.05) is 0 Å². The molecule has 0 saturated carbocycles. The van der Waals surface area contributed by atoms with Gasteiger partial charge in [-0.2, -0.15) is 22.7 Å². The van der Waals surface area contributed by atoms with Crippen molar-refractivity contribution >= 4 is 23.4 Å². The molecule has 0 radical (unpaired) electrons. The zero-order valence-electron chi connectivity index (χ0n) is 16.8. The summed E-state index contributed by atoms with van der Waals surface area (Å²) in [5.74, 6) is -3.10. The second-order valence-electron chi connectivity index (χ2n) is 6.41. The van der Waals surface area contributed by atoms with Gasteiger partial charge in [-0.25, -0.2) is 9.48 Å². The Morgan fingerprint density at radius 3 is 2.33 bits per heavy atom. The van der Waals surface area contributed by atoms with E-state index in [9.17, 15) is 27.2 Å². The lowest BCUT2D eigenvalue weighted by Gasteiger charge is -2.12. The molecule has 0 aliphatic carbocycles. The van der Waals surface area contributed by atoms with E-state index in [2.05, 4.69) is 14.6 Å². The Bertz CT molecular complexity index is 1160. The Kier molecular flexibility index (Phi) is 7.54. The van der Waals surface area contributed by atoms with Crippen molar-refractivity contribution in [3.63, 3.8) is 0 Å². The van der Waals surface area contributed by atoms with Crippen LogP contribution in [0.4, 0.5) is 17.6 Å². The molecule has 0 spiro atoms. The molecule has 3 rings (SSSR count). The summed E-state index contributed by atoms with van der Waals surface area (Å²) in [6.07, 6.45) is 0. The van der Waals surface area contributed by atoms with Gasteiger partial charge in [-0.1, -0.05) is 29.8 Å². The maximum atomic E-state index is 12.7. The number of carbonyl (C=O) groups is 2. The van der Waals surface area contributed by atoms with Crippen LogP contribution in [-0.4, -0.2) is 41.4 Å². The van der Waals surface area contributed by atoms with Crippen molar-refractivity contribution in [2.24, 2.45) is 0 Å². The monoisotopic (exact) mass is 486 g/mol. The number of aromatic nitrogens is 2. The van der Waals surface area contributed by atoms with Crippen molar-refractivity contribution in [3.8, 4) is 17.2 Å². The number of benzene rings is 2. The summed E-state index contributed by atoms with van der Waals surface area (Å²) < 4.78 is 64.8. The van der Waals surface area contributed by atoms with Crippen molar-refractivity contribution in [2.45, 2.75) is 20.1 Å². The summed E-state index contributed by atoms with van der Waals surface area (Å²) in [5.41, 5.74) is 0.308. The van der Waals surface area contributed by atoms with Crippen LogP contribution in [-0.2, 0) is 4.74 Å². The second-order valence-corrected chi connectivity index (χ2v) is 6.77. The lowest BCUT2D eigenvalue weighted by Crippen LogP contribution is -2.17. The minimum atomic E-state index is -3.34. The van der Waals surface area contributed by atoms with E-state index in [0.717, 1.165) is 12.1 Å². The zero-order chi connectivity index (χ0) is 24.1. The summed E-state index contributed by atoms with van der Waals surface area (Å²) in [5, 5.41) is 4.14. The SMILES string of the molecule is Cc1nn(-c2ccccc2)c(Cl)c1C(=O)OCC(=O)c1ccc(OC(F)F)cc1OC(F)F. The molecule has 1 heterocycles. The minimum absolute atomic E-state index is 0.0497. The highest BCUT2D eigenvalue weighted by atomic mass is 35.5. The molecule has 0 amide bonds. The average molecular weight is 487 g/mol. The number of carbonyl (C=O) groups excluding carboxylic acids is 2. The summed E-state index contributed by atoms with van der Waals surface area (Å²) in [7, 11) is 0. The number of Topliss-reactive ketones (excluding diaryl/α,β-unsaturated/α-hetero) is 1.